The first-order valence-corrected chi connectivity index (χ1v) is 19.7. The van der Waals surface area contributed by atoms with Crippen molar-refractivity contribution in [3.05, 3.63) is 23.3 Å². The Bertz CT molecular complexity index is 1130. The van der Waals surface area contributed by atoms with Crippen molar-refractivity contribution in [2.45, 2.75) is 176 Å². The number of amides is 1. The molecule has 282 valence electrons. The van der Waals surface area contributed by atoms with Crippen LogP contribution < -0.4 is 5.32 Å². The highest BCUT2D eigenvalue weighted by Gasteiger charge is 2.50. The van der Waals surface area contributed by atoms with Gasteiger partial charge in [0, 0.05) is 31.6 Å². The van der Waals surface area contributed by atoms with Gasteiger partial charge in [-0.25, -0.2) is 0 Å². The molecule has 7 heteroatoms. The van der Waals surface area contributed by atoms with E-state index in [0.29, 0.717) is 55.8 Å². The zero-order valence-electron chi connectivity index (χ0n) is 32.8. The van der Waals surface area contributed by atoms with E-state index in [1.165, 1.54) is 44.1 Å². The van der Waals surface area contributed by atoms with Crippen LogP contribution in [0.2, 0.25) is 0 Å². The number of carboxylic acid groups (broad SMARTS) is 1. The summed E-state index contributed by atoms with van der Waals surface area (Å²) in [6, 6.07) is 0. The minimum Gasteiger partial charge on any atom is -0.481 e. The van der Waals surface area contributed by atoms with Crippen LogP contribution in [0.15, 0.2) is 23.3 Å². The third-order valence-corrected chi connectivity index (χ3v) is 12.4. The highest BCUT2D eigenvalue weighted by atomic mass is 16.5. The summed E-state index contributed by atoms with van der Waals surface area (Å²) in [4.78, 5) is 23.8. The molecule has 3 aliphatic carbocycles. The summed E-state index contributed by atoms with van der Waals surface area (Å²) in [6.07, 6.45) is 20.1. The number of ether oxygens (including phenoxy) is 2. The molecule has 1 amide bonds. The number of carboxylic acids is 1. The second-order valence-electron chi connectivity index (χ2n) is 18.2. The number of aliphatic hydroxyl groups is 1. The van der Waals surface area contributed by atoms with Crippen molar-refractivity contribution < 1.29 is 29.3 Å². The van der Waals surface area contributed by atoms with Crippen LogP contribution in [-0.2, 0) is 19.1 Å². The maximum Gasteiger partial charge on any atom is 0.303 e. The van der Waals surface area contributed by atoms with Gasteiger partial charge in [0.05, 0.1) is 17.3 Å². The Kier molecular flexibility index (Phi) is 15.5. The molecule has 3 fully saturated rings. The van der Waals surface area contributed by atoms with Gasteiger partial charge >= 0.3 is 5.97 Å². The predicted octanol–water partition coefficient (Wildman–Crippen LogP) is 9.42. The fourth-order valence-electron chi connectivity index (χ4n) is 8.99. The first kappa shape index (κ1) is 41.7. The molecular formula is C42H73NO6. The summed E-state index contributed by atoms with van der Waals surface area (Å²) < 4.78 is 12.3. The Morgan fingerprint density at radius 3 is 2.39 bits per heavy atom. The smallest absolute Gasteiger partial charge is 0.303 e. The highest BCUT2D eigenvalue weighted by Crippen LogP contribution is 2.60. The topological polar surface area (TPSA) is 105 Å². The van der Waals surface area contributed by atoms with E-state index in [0.717, 1.165) is 44.4 Å². The lowest BCUT2D eigenvalue weighted by Crippen LogP contribution is -2.39. The summed E-state index contributed by atoms with van der Waals surface area (Å²) in [6.45, 7) is 20.6. The van der Waals surface area contributed by atoms with Gasteiger partial charge in [0.1, 0.15) is 0 Å². The van der Waals surface area contributed by atoms with Gasteiger partial charge in [0.15, 0.2) is 0 Å². The number of aliphatic carboxylic acids is 1. The predicted molar refractivity (Wildman–Crippen MR) is 199 cm³/mol. The number of carbonyl (C=O) groups excluding carboxylic acids is 1. The quantitative estimate of drug-likeness (QED) is 0.117. The van der Waals surface area contributed by atoms with Gasteiger partial charge in [-0.1, -0.05) is 70.8 Å². The van der Waals surface area contributed by atoms with E-state index < -0.39 is 22.6 Å². The number of allylic oxidation sites excluding steroid dienone is 3. The second-order valence-corrected chi connectivity index (χ2v) is 18.2. The van der Waals surface area contributed by atoms with E-state index in [1.54, 1.807) is 5.57 Å². The minimum atomic E-state index is -0.825. The van der Waals surface area contributed by atoms with Gasteiger partial charge in [0.2, 0.25) is 5.91 Å². The van der Waals surface area contributed by atoms with Crippen LogP contribution in [-0.4, -0.2) is 59.2 Å². The molecule has 0 heterocycles. The average molecular weight is 688 g/mol. The normalized spacial score (nSPS) is 28.9. The second kappa shape index (κ2) is 18.2. The Morgan fingerprint density at radius 1 is 0.980 bits per heavy atom. The Morgan fingerprint density at radius 2 is 1.69 bits per heavy atom. The summed E-state index contributed by atoms with van der Waals surface area (Å²) in [5, 5.41) is 22.2. The van der Waals surface area contributed by atoms with Gasteiger partial charge < -0.3 is 25.0 Å². The van der Waals surface area contributed by atoms with Crippen LogP contribution in [0.25, 0.3) is 0 Å². The summed E-state index contributed by atoms with van der Waals surface area (Å²) >= 11 is 0. The van der Waals surface area contributed by atoms with Crippen molar-refractivity contribution in [2.75, 3.05) is 19.8 Å². The van der Waals surface area contributed by atoms with Crippen LogP contribution in [0, 0.1) is 34.5 Å². The Balaban J connectivity index is 1.43. The van der Waals surface area contributed by atoms with Crippen LogP contribution in [0.5, 0.6) is 0 Å². The van der Waals surface area contributed by atoms with E-state index >= 15 is 0 Å². The van der Waals surface area contributed by atoms with Crippen LogP contribution in [0.3, 0.4) is 0 Å². The molecule has 0 aliphatic heterocycles. The Labute approximate surface area is 299 Å². The molecule has 7 nitrogen and oxygen atoms in total. The Hall–Kier alpha value is -1.70. The lowest BCUT2D eigenvalue weighted by Gasteiger charge is -2.44. The van der Waals surface area contributed by atoms with Crippen molar-refractivity contribution in [2.24, 2.45) is 34.5 Å². The minimum absolute atomic E-state index is 0.0109. The lowest BCUT2D eigenvalue weighted by molar-refractivity contribution is -0.139. The summed E-state index contributed by atoms with van der Waals surface area (Å²) in [7, 11) is 0. The number of carbonyl (C=O) groups is 2. The van der Waals surface area contributed by atoms with Crippen molar-refractivity contribution in [1.29, 1.82) is 0 Å². The van der Waals surface area contributed by atoms with Gasteiger partial charge in [0.25, 0.3) is 0 Å². The van der Waals surface area contributed by atoms with E-state index in [-0.39, 0.29) is 18.4 Å². The fourth-order valence-corrected chi connectivity index (χ4v) is 8.99. The van der Waals surface area contributed by atoms with Crippen LogP contribution >= 0.6 is 0 Å². The zero-order valence-corrected chi connectivity index (χ0v) is 32.8. The molecule has 3 N–H and O–H groups in total. The maximum atomic E-state index is 12.9. The molecule has 0 bridgehead atoms. The molecule has 0 aromatic carbocycles. The van der Waals surface area contributed by atoms with Gasteiger partial charge in [-0.2, -0.15) is 0 Å². The molecule has 1 unspecified atom stereocenters. The third kappa shape index (κ3) is 13.1. The van der Waals surface area contributed by atoms with Crippen molar-refractivity contribution in [3.63, 3.8) is 0 Å². The van der Waals surface area contributed by atoms with E-state index in [1.807, 2.05) is 41.5 Å². The monoisotopic (exact) mass is 688 g/mol. The van der Waals surface area contributed by atoms with Gasteiger partial charge in [-0.05, 0) is 134 Å². The fraction of sp³-hybridized carbons (Fsp3) is 0.857. The van der Waals surface area contributed by atoms with Crippen LogP contribution in [0.1, 0.15) is 159 Å². The zero-order chi connectivity index (χ0) is 36.5. The van der Waals surface area contributed by atoms with E-state index in [9.17, 15) is 14.7 Å². The molecule has 0 saturated heterocycles. The van der Waals surface area contributed by atoms with Crippen molar-refractivity contribution >= 4 is 11.9 Å². The molecular weight excluding hydrogens is 614 g/mol. The number of fused-ring (bicyclic) bond motifs is 1. The van der Waals surface area contributed by atoms with Gasteiger partial charge in [-0.3, -0.25) is 9.59 Å². The number of nitrogens with one attached hydrogen (secondary N) is 1. The third-order valence-electron chi connectivity index (χ3n) is 12.4. The van der Waals surface area contributed by atoms with Gasteiger partial charge in [-0.15, -0.1) is 0 Å². The largest absolute Gasteiger partial charge is 0.481 e. The summed E-state index contributed by atoms with van der Waals surface area (Å²) in [5.74, 6) is 1.97. The standard InChI is InChI=1S/C42H73NO6/c1-30-15-18-34(48-27-12-26-43-38(46)39(3,4)25-28-49-41(7,8)24-21-37(44)45)29-33(30)17-16-32-14-11-23-42(9)35(19-20-36(32)42)31(2)13-10-22-40(5,6)47/h16-17,30-31,34-36,47H,10-15,18-29H2,1-9H3,(H,43,46)(H,44,45)/b32-16+,33-17-/t30?,31-,34+,35-,36+,42-/m1/s1. The highest BCUT2D eigenvalue weighted by molar-refractivity contribution is 5.81. The number of hydrogen-bond acceptors (Lipinski definition) is 5. The maximum absolute atomic E-state index is 12.9. The lowest BCUT2D eigenvalue weighted by atomic mass is 9.60. The molecule has 3 rings (SSSR count). The number of rotatable bonds is 19. The molecule has 3 aliphatic rings. The average Bonchev–Trinajstić information content (AvgIpc) is 3.36. The van der Waals surface area contributed by atoms with Crippen LogP contribution in [0.4, 0.5) is 0 Å². The molecule has 49 heavy (non-hydrogen) atoms. The molecule has 3 saturated carbocycles. The molecule has 6 atom stereocenters. The molecule has 0 aromatic rings. The first-order valence-electron chi connectivity index (χ1n) is 19.7. The van der Waals surface area contributed by atoms with E-state index in [4.69, 9.17) is 14.6 Å². The van der Waals surface area contributed by atoms with Crippen molar-refractivity contribution in [3.8, 4) is 0 Å². The summed E-state index contributed by atoms with van der Waals surface area (Å²) in [5.41, 5.74) is 1.94. The molecule has 0 spiro atoms. The SMILES string of the molecule is CC1CC[C@H](OCCCNC(=O)C(C)(C)CCOC(C)(C)CCC(=O)O)C/C1=C/C=C1\CCC[C@]2(C)[C@@H]([C@H](C)CCCC(C)(C)O)CC[C@@H]12. The first-order chi connectivity index (χ1) is 22.8. The molecule has 0 aromatic heterocycles. The van der Waals surface area contributed by atoms with E-state index in [2.05, 4.69) is 38.2 Å². The van der Waals surface area contributed by atoms with Crippen molar-refractivity contribution in [1.82, 2.24) is 5.32 Å². The molecule has 0 radical (unpaired) electrons. The number of hydrogen-bond donors (Lipinski definition) is 3.